The fraction of sp³-hybridized carbons (Fsp3) is 0.310. The molecule has 0 saturated carbocycles. The molecule has 0 bridgehead atoms. The highest BCUT2D eigenvalue weighted by molar-refractivity contribution is 6.37. The molecule has 0 amide bonds. The highest BCUT2D eigenvalue weighted by atomic mass is 35.5. The molecule has 3 aliphatic rings. The number of hydrogen-bond acceptors (Lipinski definition) is 8. The van der Waals surface area contributed by atoms with Gasteiger partial charge in [-0.15, -0.1) is 0 Å². The molecule has 0 radical (unpaired) electrons. The smallest absolute Gasteiger partial charge is 0.332 e. The van der Waals surface area contributed by atoms with Crippen molar-refractivity contribution < 1.29 is 23.8 Å². The van der Waals surface area contributed by atoms with Gasteiger partial charge in [-0.05, 0) is 24.1 Å². The number of anilines is 1. The van der Waals surface area contributed by atoms with E-state index in [0.717, 1.165) is 4.57 Å². The zero-order valence-electron chi connectivity index (χ0n) is 23.1. The highest BCUT2D eigenvalue weighted by Gasteiger charge is 2.64. The molecule has 13 heteroatoms. The number of rotatable bonds is 3. The van der Waals surface area contributed by atoms with E-state index in [9.17, 15) is 19.2 Å². The molecule has 2 aromatic carbocycles. The Kier molecular flexibility index (Phi) is 6.53. The van der Waals surface area contributed by atoms with Crippen LogP contribution in [0.25, 0.3) is 0 Å². The number of halogens is 3. The van der Waals surface area contributed by atoms with Gasteiger partial charge in [0.15, 0.2) is 5.75 Å². The molecular weight excluding hydrogens is 609 g/mol. The van der Waals surface area contributed by atoms with Gasteiger partial charge in [-0.3, -0.25) is 23.5 Å². The predicted molar refractivity (Wildman–Crippen MR) is 157 cm³/mol. The van der Waals surface area contributed by atoms with Crippen molar-refractivity contribution in [1.82, 2.24) is 9.13 Å². The van der Waals surface area contributed by atoms with E-state index in [0.29, 0.717) is 16.3 Å². The third-order valence-corrected chi connectivity index (χ3v) is 9.27. The van der Waals surface area contributed by atoms with Crippen molar-refractivity contribution in [2.45, 2.75) is 24.9 Å². The normalized spacial score (nSPS) is 22.4. The van der Waals surface area contributed by atoms with Crippen LogP contribution < -0.4 is 30.8 Å². The van der Waals surface area contributed by atoms with Crippen molar-refractivity contribution in [2.24, 2.45) is 20.0 Å². The second kappa shape index (κ2) is 9.65. The Morgan fingerprint density at radius 3 is 2.31 bits per heavy atom. The molecule has 1 aromatic heterocycles. The van der Waals surface area contributed by atoms with Crippen molar-refractivity contribution in [3.05, 3.63) is 88.1 Å². The molecule has 3 atom stereocenters. The standard InChI is InChI=1S/C29H24Cl3N3O7/c1-11-8-15-19(24(36)29(11)25(37)20-16(40-4)10-17(41-5)22(32)23(20)42-29)18(13-7-6-12(30)9-14(13)31)21-26(33-15)34(2)28(39)35(3)27(21)38/h6-7,9-11,18,33H,8H2,1-5H3/t11-,18?,29+/m1/s1. The fourth-order valence-electron chi connectivity index (χ4n) is 6.24. The summed E-state index contributed by atoms with van der Waals surface area (Å²) in [5.41, 5.74) is -2.12. The van der Waals surface area contributed by atoms with Crippen LogP contribution in [0.3, 0.4) is 0 Å². The summed E-state index contributed by atoms with van der Waals surface area (Å²) in [6.45, 7) is 1.72. The monoisotopic (exact) mass is 631 g/mol. The summed E-state index contributed by atoms with van der Waals surface area (Å²) in [7, 11) is 5.67. The van der Waals surface area contributed by atoms with E-state index in [1.54, 1.807) is 19.1 Å². The second-order valence-electron chi connectivity index (χ2n) is 10.5. The van der Waals surface area contributed by atoms with Crippen LogP contribution in [0.15, 0.2) is 45.1 Å². The maximum absolute atomic E-state index is 14.9. The van der Waals surface area contributed by atoms with Crippen LogP contribution in [0.2, 0.25) is 15.1 Å². The van der Waals surface area contributed by atoms with Crippen LogP contribution in [0.1, 0.15) is 40.7 Å². The Morgan fingerprint density at radius 1 is 0.976 bits per heavy atom. The number of carbonyl (C=O) groups excluding carboxylic acids is 2. The number of allylic oxidation sites excluding steroid dienone is 1. The number of carbonyl (C=O) groups is 2. The third kappa shape index (κ3) is 3.58. The molecule has 1 aliphatic carbocycles. The van der Waals surface area contributed by atoms with Crippen LogP contribution in [-0.2, 0) is 18.9 Å². The van der Waals surface area contributed by atoms with Crippen LogP contribution >= 0.6 is 34.8 Å². The van der Waals surface area contributed by atoms with Gasteiger partial charge in [-0.1, -0.05) is 47.8 Å². The van der Waals surface area contributed by atoms with Crippen molar-refractivity contribution in [3.63, 3.8) is 0 Å². The van der Waals surface area contributed by atoms with Crippen LogP contribution in [0.5, 0.6) is 17.2 Å². The van der Waals surface area contributed by atoms with Gasteiger partial charge in [0.2, 0.25) is 17.2 Å². The molecule has 0 saturated heterocycles. The quantitative estimate of drug-likeness (QED) is 0.420. The Hall–Kier alpha value is -3.73. The Bertz CT molecular complexity index is 1910. The van der Waals surface area contributed by atoms with Gasteiger partial charge in [0.1, 0.15) is 27.9 Å². The molecule has 3 aromatic rings. The SMILES string of the molecule is COc1cc(OC)c2c(c1Cl)O[C@@]1(C(=O)C3=C(C[C@H]1C)Nc1c(c(=O)n(C)c(=O)n1C)C3c1ccc(Cl)cc1Cl)C2=O. The maximum atomic E-state index is 14.9. The van der Waals surface area contributed by atoms with Gasteiger partial charge in [0.05, 0.1) is 19.8 Å². The molecule has 3 heterocycles. The number of nitrogens with one attached hydrogen (secondary N) is 1. The molecule has 10 nitrogen and oxygen atoms in total. The summed E-state index contributed by atoms with van der Waals surface area (Å²) in [6.07, 6.45) is 0.155. The van der Waals surface area contributed by atoms with Crippen molar-refractivity contribution >= 4 is 52.2 Å². The Labute approximate surface area is 254 Å². The first kappa shape index (κ1) is 28.4. The highest BCUT2D eigenvalue weighted by Crippen LogP contribution is 2.56. The first-order valence-corrected chi connectivity index (χ1v) is 14.0. The lowest BCUT2D eigenvalue weighted by atomic mass is 9.66. The molecular formula is C29H24Cl3N3O7. The minimum absolute atomic E-state index is 0.0200. The average Bonchev–Trinajstić information content (AvgIpc) is 3.28. The molecule has 1 unspecified atom stereocenters. The molecule has 218 valence electrons. The number of hydrogen-bond donors (Lipinski definition) is 1. The van der Waals surface area contributed by atoms with Crippen LogP contribution in [0.4, 0.5) is 5.82 Å². The summed E-state index contributed by atoms with van der Waals surface area (Å²) < 4.78 is 19.4. The van der Waals surface area contributed by atoms with Crippen LogP contribution in [0, 0.1) is 5.92 Å². The largest absolute Gasteiger partial charge is 0.496 e. The Morgan fingerprint density at radius 2 is 1.67 bits per heavy atom. The van der Waals surface area contributed by atoms with Crippen molar-refractivity contribution in [3.8, 4) is 17.2 Å². The number of Topliss-reactive ketones (excluding diaryl/α,β-unsaturated/α-hetero) is 2. The van der Waals surface area contributed by atoms with E-state index >= 15 is 0 Å². The molecule has 42 heavy (non-hydrogen) atoms. The predicted octanol–water partition coefficient (Wildman–Crippen LogP) is 4.50. The maximum Gasteiger partial charge on any atom is 0.332 e. The topological polar surface area (TPSA) is 118 Å². The fourth-order valence-corrected chi connectivity index (χ4v) is 7.02. The number of fused-ring (bicyclic) bond motifs is 2. The van der Waals surface area contributed by atoms with E-state index in [1.165, 1.54) is 45.0 Å². The Balaban J connectivity index is 1.63. The van der Waals surface area contributed by atoms with Gasteiger partial charge < -0.3 is 19.5 Å². The zero-order chi connectivity index (χ0) is 30.4. The molecule has 6 rings (SSSR count). The molecule has 1 N–H and O–H groups in total. The van der Waals surface area contributed by atoms with Crippen molar-refractivity contribution in [2.75, 3.05) is 19.5 Å². The van der Waals surface area contributed by atoms with Gasteiger partial charge in [0, 0.05) is 53.3 Å². The lowest BCUT2D eigenvalue weighted by Crippen LogP contribution is -2.58. The first-order valence-electron chi connectivity index (χ1n) is 12.9. The summed E-state index contributed by atoms with van der Waals surface area (Å²) in [5.74, 6) is -2.50. The minimum atomic E-state index is -2.02. The zero-order valence-corrected chi connectivity index (χ0v) is 25.3. The lowest BCUT2D eigenvalue weighted by Gasteiger charge is -2.42. The van der Waals surface area contributed by atoms with E-state index in [2.05, 4.69) is 5.32 Å². The number of ketones is 2. The van der Waals surface area contributed by atoms with Crippen LogP contribution in [-0.4, -0.2) is 40.5 Å². The average molecular weight is 633 g/mol. The lowest BCUT2D eigenvalue weighted by molar-refractivity contribution is -0.130. The molecule has 1 spiro atoms. The number of aromatic nitrogens is 2. The van der Waals surface area contributed by atoms with E-state index in [-0.39, 0.29) is 56.2 Å². The van der Waals surface area contributed by atoms with Gasteiger partial charge in [0.25, 0.3) is 5.56 Å². The summed E-state index contributed by atoms with van der Waals surface area (Å²) in [4.78, 5) is 55.7. The minimum Gasteiger partial charge on any atom is -0.496 e. The third-order valence-electron chi connectivity index (χ3n) is 8.35. The summed E-state index contributed by atoms with van der Waals surface area (Å²) in [6, 6.07) is 6.17. The van der Waals surface area contributed by atoms with E-state index < -0.39 is 40.3 Å². The first-order chi connectivity index (χ1) is 19.9. The summed E-state index contributed by atoms with van der Waals surface area (Å²) >= 11 is 19.5. The van der Waals surface area contributed by atoms with Gasteiger partial charge in [-0.2, -0.15) is 0 Å². The number of ether oxygens (including phenoxy) is 3. The number of methoxy groups -OCH3 is 2. The van der Waals surface area contributed by atoms with Gasteiger partial charge in [-0.25, -0.2) is 4.79 Å². The van der Waals surface area contributed by atoms with E-state index in [1.807, 2.05) is 0 Å². The number of benzene rings is 2. The van der Waals surface area contributed by atoms with Crippen molar-refractivity contribution in [1.29, 1.82) is 0 Å². The molecule has 2 aliphatic heterocycles. The molecule has 0 fully saturated rings. The van der Waals surface area contributed by atoms with Gasteiger partial charge >= 0.3 is 5.69 Å². The van der Waals surface area contributed by atoms with E-state index in [4.69, 9.17) is 49.0 Å². The number of nitrogens with zero attached hydrogens (tertiary/aromatic N) is 2. The second-order valence-corrected chi connectivity index (χ2v) is 11.7. The summed E-state index contributed by atoms with van der Waals surface area (Å²) in [5, 5.41) is 3.73.